The maximum absolute atomic E-state index is 11.0. The molecule has 2 aliphatic carbocycles. The van der Waals surface area contributed by atoms with Crippen LogP contribution in [0.4, 0.5) is 11.8 Å². The quantitative estimate of drug-likeness (QED) is 0.460. The van der Waals surface area contributed by atoms with Gasteiger partial charge in [-0.05, 0) is 57.1 Å². The van der Waals surface area contributed by atoms with Crippen molar-refractivity contribution in [3.8, 4) is 10.6 Å². The van der Waals surface area contributed by atoms with Crippen LogP contribution in [-0.2, 0) is 0 Å². The first-order valence-corrected chi connectivity index (χ1v) is 11.0. The monoisotopic (exact) mass is 411 g/mol. The molecule has 0 spiro atoms. The summed E-state index contributed by atoms with van der Waals surface area (Å²) >= 11 is 1.57. The molecule has 0 bridgehead atoms. The van der Waals surface area contributed by atoms with E-state index in [1.165, 1.54) is 12.8 Å². The Balaban J connectivity index is 1.57. The van der Waals surface area contributed by atoms with E-state index >= 15 is 0 Å². The summed E-state index contributed by atoms with van der Waals surface area (Å²) in [5.74, 6) is 1.75. The van der Waals surface area contributed by atoms with Gasteiger partial charge in [-0.2, -0.15) is 4.98 Å². The van der Waals surface area contributed by atoms with Gasteiger partial charge in [0.1, 0.15) is 16.9 Å². The molecule has 2 atom stereocenters. The Morgan fingerprint density at radius 1 is 1.17 bits per heavy atom. The van der Waals surface area contributed by atoms with Crippen molar-refractivity contribution in [2.45, 2.75) is 50.9 Å². The molecule has 1 aromatic carbocycles. The fraction of sp³-hybridized carbons (Fsp3) is 0.476. The van der Waals surface area contributed by atoms with Crippen LogP contribution >= 0.6 is 11.3 Å². The van der Waals surface area contributed by atoms with Crippen molar-refractivity contribution in [3.05, 3.63) is 30.0 Å². The number of aliphatic hydroxyl groups is 2. The summed E-state index contributed by atoms with van der Waals surface area (Å²) in [6.45, 7) is 2.79. The number of benzene rings is 1. The number of fused-ring (bicyclic) bond motifs is 1. The van der Waals surface area contributed by atoms with Gasteiger partial charge >= 0.3 is 0 Å². The topological polar surface area (TPSA) is 103 Å². The van der Waals surface area contributed by atoms with E-state index < -0.39 is 11.8 Å². The normalized spacial score (nSPS) is 24.2. The van der Waals surface area contributed by atoms with Crippen molar-refractivity contribution in [2.75, 3.05) is 17.2 Å². The average Bonchev–Trinajstić information content (AvgIpc) is 3.34. The SMILES string of the molecule is Cc1nc(NCC2CC2)nc(NC2(O)CCCC2O)c1-c1nc2ccccc2s1. The number of thiazole rings is 1. The summed E-state index contributed by atoms with van der Waals surface area (Å²) in [7, 11) is 0. The number of anilines is 2. The van der Waals surface area contributed by atoms with Crippen LogP contribution in [0.15, 0.2) is 24.3 Å². The molecule has 2 aromatic heterocycles. The predicted molar refractivity (Wildman–Crippen MR) is 115 cm³/mol. The number of para-hydroxylation sites is 1. The predicted octanol–water partition coefficient (Wildman–Crippen LogP) is 3.53. The van der Waals surface area contributed by atoms with Gasteiger partial charge in [0.05, 0.1) is 21.5 Å². The lowest BCUT2D eigenvalue weighted by atomic mass is 10.1. The Labute approximate surface area is 173 Å². The van der Waals surface area contributed by atoms with Gasteiger partial charge in [0, 0.05) is 6.54 Å². The number of nitrogens with zero attached hydrogens (tertiary/aromatic N) is 3. The van der Waals surface area contributed by atoms with Gasteiger partial charge in [-0.3, -0.25) is 0 Å². The molecule has 2 heterocycles. The van der Waals surface area contributed by atoms with Gasteiger partial charge in [0.25, 0.3) is 0 Å². The van der Waals surface area contributed by atoms with Crippen LogP contribution in [-0.4, -0.2) is 43.5 Å². The van der Waals surface area contributed by atoms with Crippen LogP contribution in [0.25, 0.3) is 20.8 Å². The molecule has 29 heavy (non-hydrogen) atoms. The molecule has 0 saturated heterocycles. The maximum Gasteiger partial charge on any atom is 0.224 e. The van der Waals surface area contributed by atoms with Crippen molar-refractivity contribution in [3.63, 3.8) is 0 Å². The molecule has 2 unspecified atom stereocenters. The standard InChI is InChI=1S/C21H25N5O2S/c1-12-17(19-24-14-5-2-3-6-15(14)29-19)18(26-21(28)10-4-7-16(21)27)25-20(23-12)22-11-13-8-9-13/h2-3,5-6,13,16,27-28H,4,7-11H2,1H3,(H2,22,23,25,26). The second-order valence-corrected chi connectivity index (χ2v) is 9.16. The molecule has 152 valence electrons. The summed E-state index contributed by atoms with van der Waals surface area (Å²) in [5.41, 5.74) is 1.10. The Morgan fingerprint density at radius 3 is 2.72 bits per heavy atom. The number of rotatable bonds is 6. The zero-order valence-electron chi connectivity index (χ0n) is 16.4. The first kappa shape index (κ1) is 18.7. The van der Waals surface area contributed by atoms with Crippen molar-refractivity contribution in [1.29, 1.82) is 0 Å². The molecule has 2 aliphatic rings. The maximum atomic E-state index is 11.0. The van der Waals surface area contributed by atoms with Crippen LogP contribution in [0.2, 0.25) is 0 Å². The summed E-state index contributed by atoms with van der Waals surface area (Å²) in [4.78, 5) is 14.1. The van der Waals surface area contributed by atoms with Crippen LogP contribution in [0.1, 0.15) is 37.8 Å². The van der Waals surface area contributed by atoms with Crippen LogP contribution in [0, 0.1) is 12.8 Å². The van der Waals surface area contributed by atoms with Crippen molar-refractivity contribution in [1.82, 2.24) is 15.0 Å². The van der Waals surface area contributed by atoms with Crippen molar-refractivity contribution < 1.29 is 10.2 Å². The third-order valence-electron chi connectivity index (χ3n) is 5.77. The van der Waals surface area contributed by atoms with Crippen molar-refractivity contribution >= 4 is 33.3 Å². The van der Waals surface area contributed by atoms with Crippen LogP contribution < -0.4 is 10.6 Å². The molecule has 5 rings (SSSR count). The van der Waals surface area contributed by atoms with Gasteiger partial charge < -0.3 is 20.8 Å². The highest BCUT2D eigenvalue weighted by Gasteiger charge is 2.41. The number of nitrogens with one attached hydrogen (secondary N) is 2. The van der Waals surface area contributed by atoms with Gasteiger partial charge in [-0.15, -0.1) is 11.3 Å². The molecule has 4 N–H and O–H groups in total. The summed E-state index contributed by atoms with van der Waals surface area (Å²) < 4.78 is 1.09. The first-order chi connectivity index (χ1) is 14.0. The highest BCUT2D eigenvalue weighted by molar-refractivity contribution is 7.21. The van der Waals surface area contributed by atoms with E-state index in [4.69, 9.17) is 4.98 Å². The molecule has 0 radical (unpaired) electrons. The smallest absolute Gasteiger partial charge is 0.224 e. The molecule has 2 saturated carbocycles. The number of aromatic nitrogens is 3. The van der Waals surface area contributed by atoms with Gasteiger partial charge in [-0.1, -0.05) is 12.1 Å². The Morgan fingerprint density at radius 2 is 2.00 bits per heavy atom. The zero-order valence-corrected chi connectivity index (χ0v) is 17.2. The zero-order chi connectivity index (χ0) is 20.0. The molecule has 3 aromatic rings. The Bertz CT molecular complexity index is 1020. The third kappa shape index (κ3) is 3.68. The second-order valence-electron chi connectivity index (χ2n) is 8.12. The van der Waals surface area contributed by atoms with Crippen LogP contribution in [0.5, 0.6) is 0 Å². The second kappa shape index (κ2) is 7.19. The van der Waals surface area contributed by atoms with E-state index in [0.29, 0.717) is 30.5 Å². The minimum Gasteiger partial charge on any atom is -0.388 e. The Kier molecular flexibility index (Phi) is 4.64. The molecular formula is C21H25N5O2S. The summed E-state index contributed by atoms with van der Waals surface area (Å²) in [6.07, 6.45) is 3.46. The Hall–Kier alpha value is -2.29. The third-order valence-corrected chi connectivity index (χ3v) is 6.82. The molecule has 7 nitrogen and oxygen atoms in total. The minimum absolute atomic E-state index is 0.474. The summed E-state index contributed by atoms with van der Waals surface area (Å²) in [6, 6.07) is 7.99. The number of aryl methyl sites for hydroxylation is 1. The van der Waals surface area contributed by atoms with Gasteiger partial charge in [-0.25, -0.2) is 9.97 Å². The fourth-order valence-corrected chi connectivity index (χ4v) is 4.92. The van der Waals surface area contributed by atoms with E-state index in [-0.39, 0.29) is 0 Å². The van der Waals surface area contributed by atoms with E-state index in [1.54, 1.807) is 11.3 Å². The highest BCUT2D eigenvalue weighted by atomic mass is 32.1. The van der Waals surface area contributed by atoms with E-state index in [9.17, 15) is 10.2 Å². The van der Waals surface area contributed by atoms with Crippen molar-refractivity contribution in [2.24, 2.45) is 5.92 Å². The summed E-state index contributed by atoms with van der Waals surface area (Å²) in [5, 5.41) is 28.6. The minimum atomic E-state index is -1.39. The lowest BCUT2D eigenvalue weighted by Crippen LogP contribution is -2.45. The molecular weight excluding hydrogens is 386 g/mol. The molecule has 0 amide bonds. The van der Waals surface area contributed by atoms with Gasteiger partial charge in [0.15, 0.2) is 5.72 Å². The molecule has 0 aliphatic heterocycles. The lowest BCUT2D eigenvalue weighted by molar-refractivity contribution is -0.0310. The van der Waals surface area contributed by atoms with E-state index in [1.807, 2.05) is 31.2 Å². The van der Waals surface area contributed by atoms with Gasteiger partial charge in [0.2, 0.25) is 5.95 Å². The van der Waals surface area contributed by atoms with E-state index in [2.05, 4.69) is 20.6 Å². The lowest BCUT2D eigenvalue weighted by Gasteiger charge is -2.29. The van der Waals surface area contributed by atoms with Crippen LogP contribution in [0.3, 0.4) is 0 Å². The molecule has 2 fully saturated rings. The average molecular weight is 412 g/mol. The fourth-order valence-electron chi connectivity index (χ4n) is 3.86. The first-order valence-electron chi connectivity index (χ1n) is 10.2. The number of aliphatic hydroxyl groups excluding tert-OH is 1. The number of hydrogen-bond donors (Lipinski definition) is 4. The largest absolute Gasteiger partial charge is 0.388 e. The highest BCUT2D eigenvalue weighted by Crippen LogP contribution is 2.39. The van der Waals surface area contributed by atoms with E-state index in [0.717, 1.165) is 39.4 Å². The number of hydrogen-bond acceptors (Lipinski definition) is 8. The molecule has 8 heteroatoms.